The van der Waals surface area contributed by atoms with E-state index in [1.54, 1.807) is 0 Å². The van der Waals surface area contributed by atoms with Gasteiger partial charge in [0.15, 0.2) is 0 Å². The molecule has 38 heavy (non-hydrogen) atoms. The minimum atomic E-state index is -0.134. The topological polar surface area (TPSA) is 16.4 Å². The molecule has 0 bridgehead atoms. The van der Waals surface area contributed by atoms with E-state index in [-0.39, 0.29) is 10.8 Å². The van der Waals surface area contributed by atoms with Gasteiger partial charge in [0.1, 0.15) is 11.2 Å². The van der Waals surface area contributed by atoms with E-state index in [4.69, 9.17) is 4.42 Å². The third kappa shape index (κ3) is 3.13. The lowest BCUT2D eigenvalue weighted by atomic mass is 9.55. The SMILES string of the molecule is CC1(C)c2cc(N(c3ccccc3)c3ccccc3)ccc2-c2ccc3oc4ccccc4c3c2C1(C)C. The second-order valence-electron chi connectivity index (χ2n) is 11.4. The van der Waals surface area contributed by atoms with Gasteiger partial charge >= 0.3 is 0 Å². The van der Waals surface area contributed by atoms with Crippen LogP contribution in [-0.2, 0) is 10.8 Å². The van der Waals surface area contributed by atoms with Crippen LogP contribution >= 0.6 is 0 Å². The predicted octanol–water partition coefficient (Wildman–Crippen LogP) is 10.3. The first-order valence-corrected chi connectivity index (χ1v) is 13.4. The molecule has 0 radical (unpaired) electrons. The summed E-state index contributed by atoms with van der Waals surface area (Å²) in [7, 11) is 0. The summed E-state index contributed by atoms with van der Waals surface area (Å²) in [6.07, 6.45) is 0. The van der Waals surface area contributed by atoms with Gasteiger partial charge in [-0.15, -0.1) is 0 Å². The molecule has 0 atom stereocenters. The molecule has 0 spiro atoms. The molecule has 2 nitrogen and oxygen atoms in total. The number of hydrogen-bond donors (Lipinski definition) is 0. The number of para-hydroxylation sites is 3. The number of rotatable bonds is 3. The van der Waals surface area contributed by atoms with Crippen molar-refractivity contribution in [2.24, 2.45) is 0 Å². The fraction of sp³-hybridized carbons (Fsp3) is 0.167. The van der Waals surface area contributed by atoms with Crippen LogP contribution in [0.25, 0.3) is 33.1 Å². The van der Waals surface area contributed by atoms with Crippen molar-refractivity contribution < 1.29 is 4.42 Å². The first-order chi connectivity index (χ1) is 18.4. The molecule has 1 aromatic heterocycles. The van der Waals surface area contributed by atoms with E-state index in [0.29, 0.717) is 0 Å². The third-order valence-corrected chi connectivity index (χ3v) is 8.98. The number of anilines is 3. The fourth-order valence-corrected chi connectivity index (χ4v) is 6.36. The van der Waals surface area contributed by atoms with E-state index < -0.39 is 0 Å². The van der Waals surface area contributed by atoms with Gasteiger partial charge in [0.2, 0.25) is 0 Å². The summed E-state index contributed by atoms with van der Waals surface area (Å²) >= 11 is 0. The first-order valence-electron chi connectivity index (χ1n) is 13.4. The van der Waals surface area contributed by atoms with Gasteiger partial charge in [-0.05, 0) is 76.2 Å². The zero-order valence-electron chi connectivity index (χ0n) is 22.3. The van der Waals surface area contributed by atoms with Crippen molar-refractivity contribution in [1.29, 1.82) is 0 Å². The maximum Gasteiger partial charge on any atom is 0.135 e. The summed E-state index contributed by atoms with van der Waals surface area (Å²) in [4.78, 5) is 2.35. The van der Waals surface area contributed by atoms with Crippen molar-refractivity contribution >= 4 is 39.0 Å². The third-order valence-electron chi connectivity index (χ3n) is 8.98. The van der Waals surface area contributed by atoms with Crippen LogP contribution < -0.4 is 4.90 Å². The van der Waals surface area contributed by atoms with Crippen molar-refractivity contribution in [1.82, 2.24) is 0 Å². The quantitative estimate of drug-likeness (QED) is 0.244. The lowest BCUT2D eigenvalue weighted by Crippen LogP contribution is -2.43. The lowest BCUT2D eigenvalue weighted by Gasteiger charge is -2.49. The normalized spacial score (nSPS) is 15.3. The fourth-order valence-electron chi connectivity index (χ4n) is 6.36. The molecule has 186 valence electrons. The molecule has 0 amide bonds. The highest BCUT2D eigenvalue weighted by Crippen LogP contribution is 2.57. The van der Waals surface area contributed by atoms with Crippen LogP contribution in [0.3, 0.4) is 0 Å². The zero-order valence-corrected chi connectivity index (χ0v) is 22.3. The van der Waals surface area contributed by atoms with E-state index >= 15 is 0 Å². The summed E-state index contributed by atoms with van der Waals surface area (Å²) in [5.41, 5.74) is 10.5. The molecule has 7 rings (SSSR count). The molecular formula is C36H31NO. The molecule has 0 aliphatic heterocycles. The van der Waals surface area contributed by atoms with Gasteiger partial charge in [-0.1, -0.05) is 94.4 Å². The number of benzene rings is 5. The summed E-state index contributed by atoms with van der Waals surface area (Å²) in [6, 6.07) is 41.1. The van der Waals surface area contributed by atoms with Crippen LogP contribution in [0, 0.1) is 0 Å². The predicted molar refractivity (Wildman–Crippen MR) is 160 cm³/mol. The van der Waals surface area contributed by atoms with Gasteiger partial charge in [-0.2, -0.15) is 0 Å². The largest absolute Gasteiger partial charge is 0.456 e. The van der Waals surface area contributed by atoms with Crippen molar-refractivity contribution in [2.75, 3.05) is 4.90 Å². The standard InChI is InChI=1S/C36H31NO/c1-35(2)30-23-26(37(24-13-7-5-8-14-24)25-15-9-6-10-16-25)19-20-27(30)28-21-22-32-33(34(28)36(35,3)4)29-17-11-12-18-31(29)38-32/h5-23H,1-4H3. The zero-order chi connectivity index (χ0) is 26.1. The second-order valence-corrected chi connectivity index (χ2v) is 11.4. The highest BCUT2D eigenvalue weighted by atomic mass is 16.3. The number of fused-ring (bicyclic) bond motifs is 7. The Morgan fingerprint density at radius 1 is 0.526 bits per heavy atom. The van der Waals surface area contributed by atoms with Crippen LogP contribution in [0.2, 0.25) is 0 Å². The Balaban J connectivity index is 1.50. The molecular weight excluding hydrogens is 462 g/mol. The van der Waals surface area contributed by atoms with Crippen LogP contribution in [0.4, 0.5) is 17.1 Å². The molecule has 1 aliphatic carbocycles. The Morgan fingerprint density at radius 2 is 1.13 bits per heavy atom. The molecule has 0 unspecified atom stereocenters. The van der Waals surface area contributed by atoms with Crippen LogP contribution in [0.5, 0.6) is 0 Å². The van der Waals surface area contributed by atoms with Crippen molar-refractivity contribution in [3.05, 3.63) is 126 Å². The molecule has 0 saturated heterocycles. The van der Waals surface area contributed by atoms with Gasteiger partial charge in [-0.3, -0.25) is 0 Å². The highest BCUT2D eigenvalue weighted by molar-refractivity contribution is 6.10. The van der Waals surface area contributed by atoms with Gasteiger partial charge in [0.05, 0.1) is 0 Å². The van der Waals surface area contributed by atoms with Crippen LogP contribution in [-0.4, -0.2) is 0 Å². The second kappa shape index (κ2) is 8.10. The average Bonchev–Trinajstić information content (AvgIpc) is 3.32. The summed E-state index contributed by atoms with van der Waals surface area (Å²) in [6.45, 7) is 9.59. The van der Waals surface area contributed by atoms with Crippen molar-refractivity contribution in [3.63, 3.8) is 0 Å². The molecule has 5 aromatic carbocycles. The van der Waals surface area contributed by atoms with Gasteiger partial charge in [0, 0.05) is 33.2 Å². The Labute approximate surface area is 224 Å². The molecule has 2 heteroatoms. The summed E-state index contributed by atoms with van der Waals surface area (Å²) in [5, 5.41) is 2.45. The number of furan rings is 1. The van der Waals surface area contributed by atoms with Gasteiger partial charge in [0.25, 0.3) is 0 Å². The number of hydrogen-bond acceptors (Lipinski definition) is 2. The molecule has 1 heterocycles. The van der Waals surface area contributed by atoms with Crippen LogP contribution in [0.1, 0.15) is 38.8 Å². The Kier molecular flexibility index (Phi) is 4.87. The lowest BCUT2D eigenvalue weighted by molar-refractivity contribution is 0.301. The highest BCUT2D eigenvalue weighted by Gasteiger charge is 2.47. The van der Waals surface area contributed by atoms with E-state index in [1.165, 1.54) is 38.7 Å². The summed E-state index contributed by atoms with van der Waals surface area (Å²) in [5.74, 6) is 0. The maximum atomic E-state index is 6.31. The average molecular weight is 494 g/mol. The van der Waals surface area contributed by atoms with Gasteiger partial charge in [-0.25, -0.2) is 0 Å². The minimum absolute atomic E-state index is 0.128. The van der Waals surface area contributed by atoms with Crippen molar-refractivity contribution in [2.45, 2.75) is 38.5 Å². The molecule has 1 aliphatic rings. The molecule has 6 aromatic rings. The first kappa shape index (κ1) is 22.9. The van der Waals surface area contributed by atoms with E-state index in [0.717, 1.165) is 22.5 Å². The van der Waals surface area contributed by atoms with E-state index in [9.17, 15) is 0 Å². The van der Waals surface area contributed by atoms with E-state index in [1.807, 2.05) is 6.07 Å². The van der Waals surface area contributed by atoms with E-state index in [2.05, 4.69) is 142 Å². The molecule has 0 fully saturated rings. The molecule has 0 saturated carbocycles. The van der Waals surface area contributed by atoms with Crippen LogP contribution in [0.15, 0.2) is 120 Å². The minimum Gasteiger partial charge on any atom is -0.456 e. The number of nitrogens with zero attached hydrogens (tertiary/aromatic N) is 1. The Bertz CT molecular complexity index is 1770. The monoisotopic (exact) mass is 493 g/mol. The van der Waals surface area contributed by atoms with Gasteiger partial charge < -0.3 is 9.32 Å². The summed E-state index contributed by atoms with van der Waals surface area (Å²) < 4.78 is 6.31. The Hall–Kier alpha value is -4.30. The van der Waals surface area contributed by atoms with Crippen molar-refractivity contribution in [3.8, 4) is 11.1 Å². The maximum absolute atomic E-state index is 6.31. The smallest absolute Gasteiger partial charge is 0.135 e. The molecule has 0 N–H and O–H groups in total. The Morgan fingerprint density at radius 3 is 1.82 bits per heavy atom.